The number of benzene rings is 2. The molecular formula is C27H34N2O5. The summed E-state index contributed by atoms with van der Waals surface area (Å²) in [6.07, 6.45) is 4.45. The van der Waals surface area contributed by atoms with Crippen LogP contribution in [0, 0.1) is 0 Å². The zero-order chi connectivity index (χ0) is 23.9. The molecule has 34 heavy (non-hydrogen) atoms. The first-order valence-corrected chi connectivity index (χ1v) is 12.0. The van der Waals surface area contributed by atoms with Gasteiger partial charge in [-0.05, 0) is 74.7 Å². The van der Waals surface area contributed by atoms with Crippen molar-refractivity contribution in [3.63, 3.8) is 0 Å². The van der Waals surface area contributed by atoms with E-state index in [0.29, 0.717) is 24.9 Å². The SMILES string of the molecule is CCOCCn1cc(C2CCN(CCOc3ccccc3C(=O)O)CC2)c2cc(OC)ccc21. The summed E-state index contributed by atoms with van der Waals surface area (Å²) in [7, 11) is 1.71. The summed E-state index contributed by atoms with van der Waals surface area (Å²) in [5.74, 6) is 0.840. The van der Waals surface area contributed by atoms with Gasteiger partial charge in [0, 0.05) is 36.8 Å². The standard InChI is InChI=1S/C27H34N2O5/c1-3-33-16-15-29-19-24(23-18-21(32-2)8-9-25(23)29)20-10-12-28(13-11-20)14-17-34-26-7-5-4-6-22(26)27(30)31/h4-9,18-20H,3,10-17H2,1-2H3,(H,30,31). The molecule has 3 aromatic rings. The Kier molecular flexibility index (Phi) is 8.08. The Labute approximate surface area is 200 Å². The summed E-state index contributed by atoms with van der Waals surface area (Å²) in [4.78, 5) is 13.8. The highest BCUT2D eigenvalue weighted by molar-refractivity contribution is 5.90. The van der Waals surface area contributed by atoms with Crippen LogP contribution >= 0.6 is 0 Å². The number of hydrogen-bond acceptors (Lipinski definition) is 5. The molecule has 1 aliphatic rings. The van der Waals surface area contributed by atoms with Gasteiger partial charge in [-0.15, -0.1) is 0 Å². The minimum atomic E-state index is -0.964. The van der Waals surface area contributed by atoms with Crippen LogP contribution in [0.2, 0.25) is 0 Å². The summed E-state index contributed by atoms with van der Waals surface area (Å²) >= 11 is 0. The third kappa shape index (κ3) is 5.54. The fourth-order valence-corrected chi connectivity index (χ4v) is 4.77. The molecule has 1 aromatic heterocycles. The smallest absolute Gasteiger partial charge is 0.339 e. The van der Waals surface area contributed by atoms with Crippen molar-refractivity contribution in [2.75, 3.05) is 46.6 Å². The number of fused-ring (bicyclic) bond motifs is 1. The molecule has 0 amide bonds. The third-order valence-electron chi connectivity index (χ3n) is 6.61. The first-order chi connectivity index (χ1) is 16.6. The van der Waals surface area contributed by atoms with Crippen LogP contribution in [0.3, 0.4) is 0 Å². The van der Waals surface area contributed by atoms with Crippen molar-refractivity contribution in [3.05, 3.63) is 59.8 Å². The number of aromatic nitrogens is 1. The van der Waals surface area contributed by atoms with Crippen LogP contribution < -0.4 is 9.47 Å². The maximum atomic E-state index is 11.4. The van der Waals surface area contributed by atoms with E-state index in [-0.39, 0.29) is 5.56 Å². The highest BCUT2D eigenvalue weighted by Crippen LogP contribution is 2.36. The Bertz CT molecular complexity index is 1100. The molecule has 0 atom stereocenters. The lowest BCUT2D eigenvalue weighted by atomic mass is 9.89. The van der Waals surface area contributed by atoms with E-state index in [4.69, 9.17) is 14.2 Å². The number of carbonyl (C=O) groups is 1. The Morgan fingerprint density at radius 2 is 1.88 bits per heavy atom. The zero-order valence-electron chi connectivity index (χ0n) is 20.0. The van der Waals surface area contributed by atoms with Gasteiger partial charge in [-0.25, -0.2) is 4.79 Å². The second-order valence-electron chi connectivity index (χ2n) is 8.62. The molecule has 2 heterocycles. The highest BCUT2D eigenvalue weighted by Gasteiger charge is 2.24. The van der Waals surface area contributed by atoms with E-state index >= 15 is 0 Å². The minimum Gasteiger partial charge on any atom is -0.497 e. The van der Waals surface area contributed by atoms with Crippen LogP contribution in [0.5, 0.6) is 11.5 Å². The van der Waals surface area contributed by atoms with Gasteiger partial charge in [0.2, 0.25) is 0 Å². The lowest BCUT2D eigenvalue weighted by molar-refractivity contribution is 0.0691. The van der Waals surface area contributed by atoms with Crippen molar-refractivity contribution >= 4 is 16.9 Å². The van der Waals surface area contributed by atoms with Gasteiger partial charge in [-0.3, -0.25) is 4.90 Å². The van der Waals surface area contributed by atoms with E-state index < -0.39 is 5.97 Å². The molecule has 2 aromatic carbocycles. The number of likely N-dealkylation sites (tertiary alicyclic amines) is 1. The molecule has 1 fully saturated rings. The average Bonchev–Trinajstić information content (AvgIpc) is 3.22. The molecule has 7 heteroatoms. The number of ether oxygens (including phenoxy) is 3. The molecule has 7 nitrogen and oxygen atoms in total. The van der Waals surface area contributed by atoms with Gasteiger partial charge >= 0.3 is 5.97 Å². The summed E-state index contributed by atoms with van der Waals surface area (Å²) in [5.41, 5.74) is 2.82. The minimum absolute atomic E-state index is 0.206. The Morgan fingerprint density at radius 1 is 1.09 bits per heavy atom. The summed E-state index contributed by atoms with van der Waals surface area (Å²) < 4.78 is 19.2. The van der Waals surface area contributed by atoms with E-state index in [1.54, 1.807) is 31.4 Å². The van der Waals surface area contributed by atoms with Gasteiger partial charge in [0.25, 0.3) is 0 Å². The molecule has 0 radical (unpaired) electrons. The van der Waals surface area contributed by atoms with Crippen molar-refractivity contribution in [2.24, 2.45) is 0 Å². The van der Waals surface area contributed by atoms with Crippen LogP contribution in [0.4, 0.5) is 0 Å². The van der Waals surface area contributed by atoms with Crippen molar-refractivity contribution in [1.82, 2.24) is 9.47 Å². The van der Waals surface area contributed by atoms with Gasteiger partial charge in [0.05, 0.1) is 13.7 Å². The number of aromatic carboxylic acids is 1. The van der Waals surface area contributed by atoms with E-state index in [1.165, 1.54) is 16.5 Å². The molecular weight excluding hydrogens is 432 g/mol. The molecule has 1 saturated heterocycles. The number of hydrogen-bond donors (Lipinski definition) is 1. The van der Waals surface area contributed by atoms with E-state index in [2.05, 4.69) is 27.8 Å². The maximum Gasteiger partial charge on any atom is 0.339 e. The predicted molar refractivity (Wildman–Crippen MR) is 132 cm³/mol. The number of carboxylic acids is 1. The van der Waals surface area contributed by atoms with Gasteiger partial charge in [-0.1, -0.05) is 12.1 Å². The summed E-state index contributed by atoms with van der Waals surface area (Å²) in [6.45, 7) is 7.53. The van der Waals surface area contributed by atoms with Crippen LogP contribution in [0.1, 0.15) is 41.6 Å². The number of para-hydroxylation sites is 1. The van der Waals surface area contributed by atoms with Gasteiger partial charge in [0.15, 0.2) is 0 Å². The monoisotopic (exact) mass is 466 g/mol. The van der Waals surface area contributed by atoms with Gasteiger partial charge < -0.3 is 23.9 Å². The molecule has 0 unspecified atom stereocenters. The van der Waals surface area contributed by atoms with Crippen LogP contribution in [-0.4, -0.2) is 67.1 Å². The van der Waals surface area contributed by atoms with Gasteiger partial charge in [0.1, 0.15) is 23.7 Å². The maximum absolute atomic E-state index is 11.4. The molecule has 0 aliphatic carbocycles. The first-order valence-electron chi connectivity index (χ1n) is 12.0. The summed E-state index contributed by atoms with van der Waals surface area (Å²) in [5, 5.41) is 10.6. The Hall–Kier alpha value is -3.03. The Balaban J connectivity index is 1.38. The van der Waals surface area contributed by atoms with Crippen molar-refractivity contribution in [3.8, 4) is 11.5 Å². The van der Waals surface area contributed by atoms with E-state index in [0.717, 1.165) is 51.4 Å². The van der Waals surface area contributed by atoms with Crippen molar-refractivity contribution < 1.29 is 24.1 Å². The van der Waals surface area contributed by atoms with Crippen LogP contribution in [0.15, 0.2) is 48.7 Å². The van der Waals surface area contributed by atoms with Crippen molar-refractivity contribution in [2.45, 2.75) is 32.2 Å². The molecule has 1 N–H and O–H groups in total. The molecule has 0 saturated carbocycles. The van der Waals surface area contributed by atoms with Crippen LogP contribution in [-0.2, 0) is 11.3 Å². The lowest BCUT2D eigenvalue weighted by Crippen LogP contribution is -2.35. The third-order valence-corrected chi connectivity index (χ3v) is 6.61. The first kappa shape index (κ1) is 24.1. The zero-order valence-corrected chi connectivity index (χ0v) is 20.0. The normalized spacial score (nSPS) is 15.0. The number of nitrogens with zero attached hydrogens (tertiary/aromatic N) is 2. The molecule has 4 rings (SSSR count). The largest absolute Gasteiger partial charge is 0.497 e. The molecule has 0 spiro atoms. The average molecular weight is 467 g/mol. The quantitative estimate of drug-likeness (QED) is 0.415. The Morgan fingerprint density at radius 3 is 2.62 bits per heavy atom. The summed E-state index contributed by atoms with van der Waals surface area (Å²) in [6, 6.07) is 13.1. The van der Waals surface area contributed by atoms with Crippen molar-refractivity contribution in [1.29, 1.82) is 0 Å². The predicted octanol–water partition coefficient (Wildman–Crippen LogP) is 4.64. The number of rotatable bonds is 11. The fourth-order valence-electron chi connectivity index (χ4n) is 4.77. The lowest BCUT2D eigenvalue weighted by Gasteiger charge is -2.31. The number of piperidine rings is 1. The molecule has 182 valence electrons. The number of methoxy groups -OCH3 is 1. The molecule has 0 bridgehead atoms. The molecule has 1 aliphatic heterocycles. The number of carboxylic acid groups (broad SMARTS) is 1. The second kappa shape index (κ2) is 11.4. The van der Waals surface area contributed by atoms with Crippen LogP contribution in [0.25, 0.3) is 10.9 Å². The topological polar surface area (TPSA) is 73.2 Å². The van der Waals surface area contributed by atoms with Gasteiger partial charge in [-0.2, -0.15) is 0 Å². The highest BCUT2D eigenvalue weighted by atomic mass is 16.5. The van der Waals surface area contributed by atoms with E-state index in [1.807, 2.05) is 13.0 Å². The second-order valence-corrected chi connectivity index (χ2v) is 8.62. The fraction of sp³-hybridized carbons (Fsp3) is 0.444. The van der Waals surface area contributed by atoms with E-state index in [9.17, 15) is 9.90 Å².